The van der Waals surface area contributed by atoms with Crippen molar-refractivity contribution in [3.05, 3.63) is 24.3 Å². The second-order valence-electron chi connectivity index (χ2n) is 3.17. The standard InChI is InChI=1S/C12H18O4/c1-5-7-8-16-12(14)10(4)9(3)11(13)15-6-2/h3-8H2,1-2H3. The van der Waals surface area contributed by atoms with Crippen LogP contribution in [0.3, 0.4) is 0 Å². The minimum atomic E-state index is -0.639. The molecule has 0 fully saturated rings. The van der Waals surface area contributed by atoms with E-state index in [0.29, 0.717) is 6.61 Å². The summed E-state index contributed by atoms with van der Waals surface area (Å²) in [6.45, 7) is 11.1. The summed E-state index contributed by atoms with van der Waals surface area (Å²) in [6, 6.07) is 0. The van der Waals surface area contributed by atoms with E-state index >= 15 is 0 Å². The van der Waals surface area contributed by atoms with Gasteiger partial charge < -0.3 is 9.47 Å². The molecule has 0 rings (SSSR count). The van der Waals surface area contributed by atoms with Crippen molar-refractivity contribution in [3.63, 3.8) is 0 Å². The van der Waals surface area contributed by atoms with Crippen LogP contribution >= 0.6 is 0 Å². The van der Waals surface area contributed by atoms with Crippen LogP contribution in [0.2, 0.25) is 0 Å². The highest BCUT2D eigenvalue weighted by atomic mass is 16.5. The lowest BCUT2D eigenvalue weighted by Gasteiger charge is -2.08. The van der Waals surface area contributed by atoms with Crippen LogP contribution in [0.1, 0.15) is 26.7 Å². The van der Waals surface area contributed by atoms with Gasteiger partial charge in [-0.05, 0) is 13.3 Å². The van der Waals surface area contributed by atoms with Crippen molar-refractivity contribution < 1.29 is 19.1 Å². The van der Waals surface area contributed by atoms with Crippen LogP contribution in [0, 0.1) is 0 Å². The Labute approximate surface area is 95.9 Å². The summed E-state index contributed by atoms with van der Waals surface area (Å²) in [7, 11) is 0. The monoisotopic (exact) mass is 226 g/mol. The topological polar surface area (TPSA) is 52.6 Å². The maximum atomic E-state index is 11.4. The van der Waals surface area contributed by atoms with Gasteiger partial charge in [-0.3, -0.25) is 0 Å². The van der Waals surface area contributed by atoms with Gasteiger partial charge in [0.25, 0.3) is 0 Å². The van der Waals surface area contributed by atoms with Crippen molar-refractivity contribution in [1.29, 1.82) is 0 Å². The zero-order chi connectivity index (χ0) is 12.6. The summed E-state index contributed by atoms with van der Waals surface area (Å²) < 4.78 is 9.58. The van der Waals surface area contributed by atoms with Crippen LogP contribution < -0.4 is 0 Å². The molecular weight excluding hydrogens is 208 g/mol. The molecule has 0 atom stereocenters. The fourth-order valence-corrected chi connectivity index (χ4v) is 0.861. The van der Waals surface area contributed by atoms with E-state index in [2.05, 4.69) is 13.2 Å². The van der Waals surface area contributed by atoms with Crippen LogP contribution in [0.4, 0.5) is 0 Å². The van der Waals surface area contributed by atoms with Gasteiger partial charge in [0.2, 0.25) is 0 Å². The van der Waals surface area contributed by atoms with Gasteiger partial charge in [0.15, 0.2) is 0 Å². The molecule has 90 valence electrons. The number of esters is 2. The fourth-order valence-electron chi connectivity index (χ4n) is 0.861. The Hall–Kier alpha value is -1.58. The van der Waals surface area contributed by atoms with Gasteiger partial charge in [0.05, 0.1) is 24.4 Å². The summed E-state index contributed by atoms with van der Waals surface area (Å²) in [6.07, 6.45) is 1.71. The molecule has 0 saturated carbocycles. The number of carbonyl (C=O) groups is 2. The van der Waals surface area contributed by atoms with E-state index in [1.165, 1.54) is 0 Å². The Bertz CT molecular complexity index is 291. The number of ether oxygens (including phenoxy) is 2. The van der Waals surface area contributed by atoms with E-state index < -0.39 is 11.9 Å². The van der Waals surface area contributed by atoms with Crippen molar-refractivity contribution >= 4 is 11.9 Å². The molecular formula is C12H18O4. The molecule has 0 aliphatic heterocycles. The second-order valence-corrected chi connectivity index (χ2v) is 3.17. The number of rotatable bonds is 7. The van der Waals surface area contributed by atoms with Crippen molar-refractivity contribution in [2.45, 2.75) is 26.7 Å². The van der Waals surface area contributed by atoms with Gasteiger partial charge in [0.1, 0.15) is 0 Å². The van der Waals surface area contributed by atoms with Gasteiger partial charge >= 0.3 is 11.9 Å². The smallest absolute Gasteiger partial charge is 0.338 e. The molecule has 0 heterocycles. The molecule has 0 aliphatic rings. The molecule has 16 heavy (non-hydrogen) atoms. The van der Waals surface area contributed by atoms with E-state index in [1.807, 2.05) is 6.92 Å². The summed E-state index contributed by atoms with van der Waals surface area (Å²) in [5, 5.41) is 0. The maximum absolute atomic E-state index is 11.4. The van der Waals surface area contributed by atoms with Crippen LogP contribution in [-0.2, 0) is 19.1 Å². The van der Waals surface area contributed by atoms with Crippen molar-refractivity contribution in [1.82, 2.24) is 0 Å². The number of unbranched alkanes of at least 4 members (excludes halogenated alkanes) is 1. The first-order chi connectivity index (χ1) is 7.54. The molecule has 0 N–H and O–H groups in total. The van der Waals surface area contributed by atoms with Gasteiger partial charge in [-0.2, -0.15) is 0 Å². The largest absolute Gasteiger partial charge is 0.462 e. The first-order valence-corrected chi connectivity index (χ1v) is 5.27. The summed E-state index contributed by atoms with van der Waals surface area (Å²) >= 11 is 0. The highest BCUT2D eigenvalue weighted by Gasteiger charge is 2.18. The molecule has 0 bridgehead atoms. The lowest BCUT2D eigenvalue weighted by atomic mass is 10.1. The first-order valence-electron chi connectivity index (χ1n) is 5.27. The van der Waals surface area contributed by atoms with Crippen molar-refractivity contribution in [2.75, 3.05) is 13.2 Å². The number of hydrogen-bond donors (Lipinski definition) is 0. The van der Waals surface area contributed by atoms with E-state index in [-0.39, 0.29) is 17.8 Å². The lowest BCUT2D eigenvalue weighted by Crippen LogP contribution is -2.16. The highest BCUT2D eigenvalue weighted by Crippen LogP contribution is 2.09. The normalized spacial score (nSPS) is 9.38. The molecule has 0 aromatic rings. The van der Waals surface area contributed by atoms with Crippen molar-refractivity contribution in [3.8, 4) is 0 Å². The molecule has 0 radical (unpaired) electrons. The van der Waals surface area contributed by atoms with E-state index in [9.17, 15) is 9.59 Å². The number of hydrogen-bond acceptors (Lipinski definition) is 4. The average molecular weight is 226 g/mol. The molecule has 0 saturated heterocycles. The van der Waals surface area contributed by atoms with Crippen LogP contribution in [0.5, 0.6) is 0 Å². The fraction of sp³-hybridized carbons (Fsp3) is 0.500. The number of carbonyl (C=O) groups excluding carboxylic acids is 2. The minimum Gasteiger partial charge on any atom is -0.462 e. The predicted molar refractivity (Wildman–Crippen MR) is 60.8 cm³/mol. The summed E-state index contributed by atoms with van der Waals surface area (Å²) in [5.74, 6) is -1.26. The van der Waals surface area contributed by atoms with Gasteiger partial charge in [0, 0.05) is 0 Å². The third-order valence-electron chi connectivity index (χ3n) is 1.86. The third-order valence-corrected chi connectivity index (χ3v) is 1.86. The van der Waals surface area contributed by atoms with Crippen LogP contribution in [-0.4, -0.2) is 25.2 Å². The molecule has 0 amide bonds. The summed E-state index contributed by atoms with van der Waals surface area (Å²) in [5.41, 5.74) is -0.0992. The summed E-state index contributed by atoms with van der Waals surface area (Å²) in [4.78, 5) is 22.6. The first kappa shape index (κ1) is 14.4. The molecule has 4 heteroatoms. The van der Waals surface area contributed by atoms with E-state index in [0.717, 1.165) is 12.8 Å². The average Bonchev–Trinajstić information content (AvgIpc) is 2.27. The van der Waals surface area contributed by atoms with E-state index in [1.54, 1.807) is 6.92 Å². The van der Waals surface area contributed by atoms with Crippen molar-refractivity contribution in [2.24, 2.45) is 0 Å². The van der Waals surface area contributed by atoms with Gasteiger partial charge in [-0.25, -0.2) is 9.59 Å². The Morgan fingerprint density at radius 3 is 1.94 bits per heavy atom. The van der Waals surface area contributed by atoms with Crippen LogP contribution in [0.25, 0.3) is 0 Å². The predicted octanol–water partition coefficient (Wildman–Crippen LogP) is 2.01. The lowest BCUT2D eigenvalue weighted by molar-refractivity contribution is -0.142. The third kappa shape index (κ3) is 4.77. The molecule has 0 spiro atoms. The SMILES string of the molecule is C=C(C(=C)C(=O)OCCCC)C(=O)OCC. The van der Waals surface area contributed by atoms with Gasteiger partial charge in [-0.15, -0.1) is 0 Å². The zero-order valence-corrected chi connectivity index (χ0v) is 9.88. The molecule has 0 aromatic carbocycles. The maximum Gasteiger partial charge on any atom is 0.338 e. The molecule has 4 nitrogen and oxygen atoms in total. The second kappa shape index (κ2) is 7.68. The van der Waals surface area contributed by atoms with Crippen LogP contribution in [0.15, 0.2) is 24.3 Å². The Balaban J connectivity index is 4.17. The molecule has 0 unspecified atom stereocenters. The van der Waals surface area contributed by atoms with E-state index in [4.69, 9.17) is 9.47 Å². The zero-order valence-electron chi connectivity index (χ0n) is 9.88. The van der Waals surface area contributed by atoms with Gasteiger partial charge in [-0.1, -0.05) is 26.5 Å². The minimum absolute atomic E-state index is 0.0467. The Morgan fingerprint density at radius 1 is 1.00 bits per heavy atom. The Morgan fingerprint density at radius 2 is 1.50 bits per heavy atom. The molecule has 0 aliphatic carbocycles. The molecule has 0 aromatic heterocycles. The Kier molecular flexibility index (Phi) is 6.92. The highest BCUT2D eigenvalue weighted by molar-refractivity contribution is 6.06. The quantitative estimate of drug-likeness (QED) is 0.288.